The zero-order valence-corrected chi connectivity index (χ0v) is 11.5. The van der Waals surface area contributed by atoms with Gasteiger partial charge in [0.05, 0.1) is 18.3 Å². The van der Waals surface area contributed by atoms with Crippen molar-refractivity contribution in [2.75, 3.05) is 18.4 Å². The molecule has 2 N–H and O–H groups in total. The highest BCUT2D eigenvalue weighted by molar-refractivity contribution is 5.89. The Hall–Kier alpha value is -2.05. The Balaban J connectivity index is 2.58. The summed E-state index contributed by atoms with van der Waals surface area (Å²) < 4.78 is 1.74. The monoisotopic (exact) mass is 268 g/mol. The number of hydrogen-bond donors (Lipinski definition) is 2. The van der Waals surface area contributed by atoms with Gasteiger partial charge in [0.25, 0.3) is 0 Å². The van der Waals surface area contributed by atoms with E-state index < -0.39 is 5.97 Å². The summed E-state index contributed by atoms with van der Waals surface area (Å²) in [5.41, 5.74) is 0.604. The second kappa shape index (κ2) is 6.77. The maximum Gasteiger partial charge on any atom is 0.321 e. The highest BCUT2D eigenvalue weighted by Crippen LogP contribution is 2.10. The maximum atomic E-state index is 11.9. The first kappa shape index (κ1) is 15.0. The molecule has 7 nitrogen and oxygen atoms in total. The van der Waals surface area contributed by atoms with Gasteiger partial charge in [0.2, 0.25) is 0 Å². The van der Waals surface area contributed by atoms with Crippen LogP contribution in [-0.2, 0) is 4.79 Å². The highest BCUT2D eigenvalue weighted by Gasteiger charge is 2.14. The number of nitrogens with one attached hydrogen (secondary N) is 1. The van der Waals surface area contributed by atoms with Gasteiger partial charge in [-0.05, 0) is 20.8 Å². The largest absolute Gasteiger partial charge is 0.481 e. The third-order valence-electron chi connectivity index (χ3n) is 2.65. The molecule has 106 valence electrons. The minimum Gasteiger partial charge on any atom is -0.481 e. The van der Waals surface area contributed by atoms with Crippen LogP contribution in [0.15, 0.2) is 12.4 Å². The number of anilines is 1. The van der Waals surface area contributed by atoms with Crippen molar-refractivity contribution in [2.45, 2.75) is 33.2 Å². The van der Waals surface area contributed by atoms with E-state index in [1.54, 1.807) is 24.0 Å². The predicted octanol–water partition coefficient (Wildman–Crippen LogP) is 1.79. The van der Waals surface area contributed by atoms with Crippen molar-refractivity contribution >= 4 is 17.7 Å². The van der Waals surface area contributed by atoms with E-state index in [4.69, 9.17) is 5.11 Å². The number of carbonyl (C=O) groups excluding carboxylic acids is 1. The van der Waals surface area contributed by atoms with E-state index in [2.05, 4.69) is 10.4 Å². The molecule has 0 saturated carbocycles. The first-order valence-electron chi connectivity index (χ1n) is 6.26. The Morgan fingerprint density at radius 1 is 1.53 bits per heavy atom. The first-order chi connectivity index (χ1) is 8.93. The van der Waals surface area contributed by atoms with Crippen molar-refractivity contribution in [2.24, 2.45) is 0 Å². The van der Waals surface area contributed by atoms with Gasteiger partial charge < -0.3 is 15.3 Å². The zero-order valence-electron chi connectivity index (χ0n) is 11.5. The molecule has 2 amide bonds. The van der Waals surface area contributed by atoms with Crippen LogP contribution in [0.25, 0.3) is 0 Å². The van der Waals surface area contributed by atoms with Crippen molar-refractivity contribution in [3.8, 4) is 0 Å². The molecule has 0 aliphatic carbocycles. The molecule has 0 unspecified atom stereocenters. The van der Waals surface area contributed by atoms with Gasteiger partial charge in [0.1, 0.15) is 0 Å². The molecule has 0 atom stereocenters. The topological polar surface area (TPSA) is 87.5 Å². The number of carbonyl (C=O) groups is 2. The molecular formula is C12H20N4O3. The normalized spacial score (nSPS) is 10.5. The first-order valence-corrected chi connectivity index (χ1v) is 6.26. The highest BCUT2D eigenvalue weighted by atomic mass is 16.4. The smallest absolute Gasteiger partial charge is 0.321 e. The summed E-state index contributed by atoms with van der Waals surface area (Å²) in [5, 5.41) is 15.4. The standard InChI is InChI=1S/C12H20N4O3/c1-4-15(6-5-11(17)18)12(19)14-10-7-13-16(8-10)9(2)3/h7-9H,4-6H2,1-3H3,(H,14,19)(H,17,18). The molecule has 1 aromatic heterocycles. The minimum atomic E-state index is -0.918. The summed E-state index contributed by atoms with van der Waals surface area (Å²) in [6.07, 6.45) is 3.25. The van der Waals surface area contributed by atoms with Crippen LogP contribution in [-0.4, -0.2) is 44.9 Å². The number of amides is 2. The van der Waals surface area contributed by atoms with Gasteiger partial charge in [-0.25, -0.2) is 4.79 Å². The quantitative estimate of drug-likeness (QED) is 0.823. The summed E-state index contributed by atoms with van der Waals surface area (Å²) in [5.74, 6) is -0.918. The van der Waals surface area contributed by atoms with E-state index in [9.17, 15) is 9.59 Å². The van der Waals surface area contributed by atoms with Crippen molar-refractivity contribution < 1.29 is 14.7 Å². The number of urea groups is 1. The molecule has 0 bridgehead atoms. The number of carboxylic acids is 1. The van der Waals surface area contributed by atoms with Crippen molar-refractivity contribution in [1.82, 2.24) is 14.7 Å². The van der Waals surface area contributed by atoms with Gasteiger partial charge in [0.15, 0.2) is 0 Å². The molecule has 0 saturated heterocycles. The van der Waals surface area contributed by atoms with Crippen LogP contribution in [0.2, 0.25) is 0 Å². The van der Waals surface area contributed by atoms with Crippen molar-refractivity contribution in [3.63, 3.8) is 0 Å². The lowest BCUT2D eigenvalue weighted by Crippen LogP contribution is -2.36. The molecule has 0 radical (unpaired) electrons. The van der Waals surface area contributed by atoms with Gasteiger partial charge >= 0.3 is 12.0 Å². The van der Waals surface area contributed by atoms with Crippen LogP contribution in [0.3, 0.4) is 0 Å². The number of aromatic nitrogens is 2. The summed E-state index contributed by atoms with van der Waals surface area (Å²) >= 11 is 0. The molecule has 19 heavy (non-hydrogen) atoms. The molecular weight excluding hydrogens is 248 g/mol. The van der Waals surface area contributed by atoms with Crippen molar-refractivity contribution in [1.29, 1.82) is 0 Å². The zero-order chi connectivity index (χ0) is 14.4. The fourth-order valence-electron chi connectivity index (χ4n) is 1.52. The summed E-state index contributed by atoms with van der Waals surface area (Å²) in [6, 6.07) is -0.0907. The van der Waals surface area contributed by atoms with E-state index >= 15 is 0 Å². The molecule has 0 fully saturated rings. The van der Waals surface area contributed by atoms with Gasteiger partial charge in [0, 0.05) is 25.3 Å². The average molecular weight is 268 g/mol. The third kappa shape index (κ3) is 4.61. The van der Waals surface area contributed by atoms with Gasteiger partial charge in [-0.15, -0.1) is 0 Å². The van der Waals surface area contributed by atoms with E-state index in [1.165, 1.54) is 4.90 Å². The van der Waals surface area contributed by atoms with Gasteiger partial charge in [-0.3, -0.25) is 9.48 Å². The lowest BCUT2D eigenvalue weighted by molar-refractivity contribution is -0.137. The molecule has 0 aromatic carbocycles. The Labute approximate surface area is 112 Å². The van der Waals surface area contributed by atoms with Crippen LogP contribution >= 0.6 is 0 Å². The SMILES string of the molecule is CCN(CCC(=O)O)C(=O)Nc1cnn(C(C)C)c1. The van der Waals surface area contributed by atoms with Crippen LogP contribution in [0, 0.1) is 0 Å². The molecule has 0 aliphatic rings. The fraction of sp³-hybridized carbons (Fsp3) is 0.583. The maximum absolute atomic E-state index is 11.9. The molecule has 0 aliphatic heterocycles. The Morgan fingerprint density at radius 3 is 2.68 bits per heavy atom. The van der Waals surface area contributed by atoms with Crippen LogP contribution in [0.5, 0.6) is 0 Å². The lowest BCUT2D eigenvalue weighted by atomic mass is 10.4. The lowest BCUT2D eigenvalue weighted by Gasteiger charge is -2.19. The second-order valence-electron chi connectivity index (χ2n) is 4.46. The molecule has 1 aromatic rings. The fourth-order valence-corrected chi connectivity index (χ4v) is 1.52. The Kier molecular flexibility index (Phi) is 5.35. The van der Waals surface area contributed by atoms with Gasteiger partial charge in [-0.1, -0.05) is 0 Å². The van der Waals surface area contributed by atoms with E-state index in [0.717, 1.165) is 0 Å². The minimum absolute atomic E-state index is 0.0630. The molecule has 0 spiro atoms. The van der Waals surface area contributed by atoms with E-state index in [-0.39, 0.29) is 25.0 Å². The number of nitrogens with zero attached hydrogens (tertiary/aromatic N) is 3. The number of aliphatic carboxylic acids is 1. The van der Waals surface area contributed by atoms with Crippen LogP contribution in [0.1, 0.15) is 33.2 Å². The number of hydrogen-bond acceptors (Lipinski definition) is 3. The molecule has 7 heteroatoms. The summed E-state index contributed by atoms with van der Waals surface area (Å²) in [6.45, 7) is 6.43. The Morgan fingerprint density at radius 2 is 2.21 bits per heavy atom. The van der Waals surface area contributed by atoms with Crippen LogP contribution in [0.4, 0.5) is 10.5 Å². The second-order valence-corrected chi connectivity index (χ2v) is 4.46. The number of carboxylic acid groups (broad SMARTS) is 1. The summed E-state index contributed by atoms with van der Waals surface area (Å²) in [4.78, 5) is 23.9. The number of rotatable bonds is 6. The van der Waals surface area contributed by atoms with E-state index in [1.807, 2.05) is 13.8 Å². The van der Waals surface area contributed by atoms with Gasteiger partial charge in [-0.2, -0.15) is 5.10 Å². The van der Waals surface area contributed by atoms with E-state index in [0.29, 0.717) is 12.2 Å². The Bertz CT molecular complexity index is 442. The summed E-state index contributed by atoms with van der Waals surface area (Å²) in [7, 11) is 0. The molecule has 1 rings (SSSR count). The predicted molar refractivity (Wildman–Crippen MR) is 71.1 cm³/mol. The average Bonchev–Trinajstić information content (AvgIpc) is 2.78. The van der Waals surface area contributed by atoms with Crippen LogP contribution < -0.4 is 5.32 Å². The third-order valence-corrected chi connectivity index (χ3v) is 2.65. The molecule has 1 heterocycles. The van der Waals surface area contributed by atoms with Crippen molar-refractivity contribution in [3.05, 3.63) is 12.4 Å².